The number of rotatable bonds is 5. The van der Waals surface area contributed by atoms with Crippen LogP contribution in [-0.4, -0.2) is 31.2 Å². The summed E-state index contributed by atoms with van der Waals surface area (Å²) in [4.78, 5) is 0.376. The van der Waals surface area contributed by atoms with Crippen molar-refractivity contribution in [3.05, 3.63) is 29.3 Å². The second-order valence-electron chi connectivity index (χ2n) is 4.67. The number of alkyl halides is 1. The minimum absolute atomic E-state index is 0.103. The Labute approximate surface area is 115 Å². The van der Waals surface area contributed by atoms with Gasteiger partial charge in [-0.25, -0.2) is 8.42 Å². The Morgan fingerprint density at radius 1 is 1.28 bits per heavy atom. The first-order valence-corrected chi connectivity index (χ1v) is 7.93. The molecule has 1 aromatic carbocycles. The van der Waals surface area contributed by atoms with E-state index in [0.717, 1.165) is 11.1 Å². The maximum absolute atomic E-state index is 12.6. The van der Waals surface area contributed by atoms with E-state index in [1.807, 2.05) is 39.8 Å². The van der Waals surface area contributed by atoms with E-state index in [1.54, 1.807) is 6.07 Å². The molecule has 3 nitrogen and oxygen atoms in total. The Morgan fingerprint density at radius 3 is 2.39 bits per heavy atom. The molecule has 1 aromatic rings. The van der Waals surface area contributed by atoms with Gasteiger partial charge in [0.05, 0.1) is 4.90 Å². The first kappa shape index (κ1) is 15.5. The molecule has 0 saturated heterocycles. The quantitative estimate of drug-likeness (QED) is 0.782. The smallest absolute Gasteiger partial charge is 0.207 e. The summed E-state index contributed by atoms with van der Waals surface area (Å²) in [5.74, 6) is 0.294. The van der Waals surface area contributed by atoms with E-state index in [0.29, 0.717) is 17.3 Å². The molecule has 102 valence electrons. The van der Waals surface area contributed by atoms with E-state index in [-0.39, 0.29) is 6.04 Å². The van der Waals surface area contributed by atoms with Gasteiger partial charge in [0.1, 0.15) is 0 Å². The topological polar surface area (TPSA) is 37.4 Å². The summed E-state index contributed by atoms with van der Waals surface area (Å²) < 4.78 is 26.7. The van der Waals surface area contributed by atoms with Crippen molar-refractivity contribution in [3.63, 3.8) is 0 Å². The van der Waals surface area contributed by atoms with Crippen molar-refractivity contribution in [2.24, 2.45) is 0 Å². The minimum atomic E-state index is -3.47. The van der Waals surface area contributed by atoms with Crippen molar-refractivity contribution in [2.75, 3.05) is 12.4 Å². The summed E-state index contributed by atoms with van der Waals surface area (Å²) in [6.07, 6.45) is 0. The van der Waals surface area contributed by atoms with Crippen LogP contribution in [0.15, 0.2) is 23.1 Å². The van der Waals surface area contributed by atoms with Crippen LogP contribution in [0.2, 0.25) is 0 Å². The predicted octanol–water partition coefficient (Wildman–Crippen LogP) is 2.94. The molecule has 0 spiro atoms. The normalized spacial score (nSPS) is 12.4. The van der Waals surface area contributed by atoms with Gasteiger partial charge in [0.25, 0.3) is 0 Å². The summed E-state index contributed by atoms with van der Waals surface area (Å²) in [6, 6.07) is 5.36. The Balaban J connectivity index is 3.30. The highest BCUT2D eigenvalue weighted by atomic mass is 35.5. The van der Waals surface area contributed by atoms with E-state index in [2.05, 4.69) is 0 Å². The molecule has 0 bridgehead atoms. The van der Waals surface area contributed by atoms with E-state index >= 15 is 0 Å². The van der Waals surface area contributed by atoms with Gasteiger partial charge in [-0.2, -0.15) is 4.31 Å². The third kappa shape index (κ3) is 3.25. The highest BCUT2D eigenvalue weighted by Gasteiger charge is 2.27. The number of halogens is 1. The van der Waals surface area contributed by atoms with Gasteiger partial charge in [0.15, 0.2) is 0 Å². The molecule has 0 unspecified atom stereocenters. The number of hydrogen-bond donors (Lipinski definition) is 0. The first-order chi connectivity index (χ1) is 8.30. The second kappa shape index (κ2) is 6.04. The van der Waals surface area contributed by atoms with Crippen LogP contribution in [-0.2, 0) is 10.0 Å². The van der Waals surface area contributed by atoms with Gasteiger partial charge >= 0.3 is 0 Å². The number of sulfonamides is 1. The zero-order valence-electron chi connectivity index (χ0n) is 11.3. The highest BCUT2D eigenvalue weighted by Crippen LogP contribution is 2.22. The molecule has 0 heterocycles. The molecule has 0 N–H and O–H groups in total. The van der Waals surface area contributed by atoms with Crippen LogP contribution in [0.4, 0.5) is 0 Å². The lowest BCUT2D eigenvalue weighted by Crippen LogP contribution is -2.38. The van der Waals surface area contributed by atoms with Gasteiger partial charge in [-0.3, -0.25) is 0 Å². The molecular weight excluding hydrogens is 270 g/mol. The number of benzene rings is 1. The number of nitrogens with zero attached hydrogens (tertiary/aromatic N) is 1. The zero-order chi connectivity index (χ0) is 13.9. The molecule has 0 amide bonds. The predicted molar refractivity (Wildman–Crippen MR) is 75.7 cm³/mol. The molecule has 0 saturated carbocycles. The highest BCUT2D eigenvalue weighted by molar-refractivity contribution is 7.89. The van der Waals surface area contributed by atoms with Gasteiger partial charge in [-0.05, 0) is 44.9 Å². The van der Waals surface area contributed by atoms with Crippen molar-refractivity contribution in [1.82, 2.24) is 4.31 Å². The van der Waals surface area contributed by atoms with Gasteiger partial charge < -0.3 is 0 Å². The largest absolute Gasteiger partial charge is 0.243 e. The lowest BCUT2D eigenvalue weighted by molar-refractivity contribution is 0.370. The Morgan fingerprint density at radius 2 is 1.89 bits per heavy atom. The second-order valence-corrected chi connectivity index (χ2v) is 6.90. The summed E-state index contributed by atoms with van der Waals surface area (Å²) in [7, 11) is -3.47. The molecule has 0 aromatic heterocycles. The summed E-state index contributed by atoms with van der Waals surface area (Å²) in [6.45, 7) is 7.74. The fourth-order valence-corrected chi connectivity index (χ4v) is 4.08. The van der Waals surface area contributed by atoms with Crippen molar-refractivity contribution in [3.8, 4) is 0 Å². The third-order valence-corrected chi connectivity index (χ3v) is 5.20. The van der Waals surface area contributed by atoms with Crippen molar-refractivity contribution < 1.29 is 8.42 Å². The maximum Gasteiger partial charge on any atom is 0.243 e. The molecule has 5 heteroatoms. The van der Waals surface area contributed by atoms with Gasteiger partial charge in [-0.15, -0.1) is 11.6 Å². The van der Waals surface area contributed by atoms with Crippen molar-refractivity contribution >= 4 is 21.6 Å². The van der Waals surface area contributed by atoms with Crippen LogP contribution in [0.1, 0.15) is 25.0 Å². The van der Waals surface area contributed by atoms with E-state index in [4.69, 9.17) is 11.6 Å². The third-order valence-electron chi connectivity index (χ3n) is 2.81. The molecule has 1 rings (SSSR count). The molecule has 0 radical (unpaired) electrons. The van der Waals surface area contributed by atoms with Crippen LogP contribution in [0.5, 0.6) is 0 Å². The van der Waals surface area contributed by atoms with E-state index < -0.39 is 10.0 Å². The van der Waals surface area contributed by atoms with Crippen LogP contribution in [0.3, 0.4) is 0 Å². The summed E-state index contributed by atoms with van der Waals surface area (Å²) in [5, 5.41) is 0. The van der Waals surface area contributed by atoms with Crippen molar-refractivity contribution in [2.45, 2.75) is 38.6 Å². The van der Waals surface area contributed by atoms with Crippen LogP contribution in [0, 0.1) is 13.8 Å². The fraction of sp³-hybridized carbons (Fsp3) is 0.538. The number of hydrogen-bond acceptors (Lipinski definition) is 2. The van der Waals surface area contributed by atoms with Gasteiger partial charge in [0.2, 0.25) is 10.0 Å². The molecule has 0 aliphatic carbocycles. The standard InChI is InChI=1S/C13H20ClNO2S/c1-10(2)15(8-7-14)18(16,17)13-9-11(3)5-6-12(13)4/h5-6,9-10H,7-8H2,1-4H3. The van der Waals surface area contributed by atoms with E-state index in [9.17, 15) is 8.42 Å². The zero-order valence-corrected chi connectivity index (χ0v) is 12.8. The Bertz CT molecular complexity index is 512. The molecule has 0 aliphatic rings. The molecule has 18 heavy (non-hydrogen) atoms. The Hall–Kier alpha value is -0.580. The van der Waals surface area contributed by atoms with Crippen LogP contribution < -0.4 is 0 Å². The van der Waals surface area contributed by atoms with Gasteiger partial charge in [0, 0.05) is 18.5 Å². The van der Waals surface area contributed by atoms with E-state index in [1.165, 1.54) is 4.31 Å². The van der Waals surface area contributed by atoms with Crippen molar-refractivity contribution in [1.29, 1.82) is 0 Å². The monoisotopic (exact) mass is 289 g/mol. The SMILES string of the molecule is Cc1ccc(C)c(S(=O)(=O)N(CCCl)C(C)C)c1. The molecule has 0 aliphatic heterocycles. The molecule has 0 fully saturated rings. The van der Waals surface area contributed by atoms with Gasteiger partial charge in [-0.1, -0.05) is 12.1 Å². The average molecular weight is 290 g/mol. The maximum atomic E-state index is 12.6. The molecule has 0 atom stereocenters. The average Bonchev–Trinajstić information content (AvgIpc) is 2.28. The minimum Gasteiger partial charge on any atom is -0.207 e. The summed E-state index contributed by atoms with van der Waals surface area (Å²) in [5.41, 5.74) is 1.70. The Kier molecular flexibility index (Phi) is 5.20. The fourth-order valence-electron chi connectivity index (χ4n) is 1.85. The number of aryl methyl sites for hydroxylation is 2. The summed E-state index contributed by atoms with van der Waals surface area (Å²) >= 11 is 5.70. The first-order valence-electron chi connectivity index (χ1n) is 5.95. The van der Waals surface area contributed by atoms with Crippen LogP contribution in [0.25, 0.3) is 0 Å². The lowest BCUT2D eigenvalue weighted by Gasteiger charge is -2.26. The van der Waals surface area contributed by atoms with Crippen LogP contribution >= 0.6 is 11.6 Å². The molecular formula is C13H20ClNO2S. The lowest BCUT2D eigenvalue weighted by atomic mass is 10.2.